The molecule has 176 valence electrons. The molecule has 0 spiro atoms. The number of rotatable bonds is 10. The number of hydrogen-bond acceptors (Lipinski definition) is 4. The molecule has 1 atom stereocenters. The van der Waals surface area contributed by atoms with E-state index in [1.165, 1.54) is 25.9 Å². The van der Waals surface area contributed by atoms with Gasteiger partial charge in [-0.25, -0.2) is 0 Å². The van der Waals surface area contributed by atoms with E-state index in [-0.39, 0.29) is 18.3 Å². The summed E-state index contributed by atoms with van der Waals surface area (Å²) < 4.78 is 5.48. The zero-order valence-electron chi connectivity index (χ0n) is 19.9. The number of anilines is 2. The van der Waals surface area contributed by atoms with E-state index in [9.17, 15) is 4.79 Å². The van der Waals surface area contributed by atoms with Gasteiger partial charge in [0.05, 0.1) is 7.11 Å². The molecule has 2 aromatic carbocycles. The summed E-state index contributed by atoms with van der Waals surface area (Å²) in [7, 11) is 1.70. The Balaban J connectivity index is 0.00000363. The van der Waals surface area contributed by atoms with E-state index in [0.29, 0.717) is 6.04 Å². The standard InChI is InChI=1S/C26H37N3O2.ClH/c1-5-28(6-2)26(30)22-12-14-23(15-13-22)29(24-10-9-11-25(20-24)31-4)21(3)16-19-27-17-7-8-18-27;/h9-15,20-21H,5-8,16-19H2,1-4H3;1H. The summed E-state index contributed by atoms with van der Waals surface area (Å²) >= 11 is 0. The number of hydrogen-bond donors (Lipinski definition) is 0. The van der Waals surface area contributed by atoms with Crippen molar-refractivity contribution in [3.05, 3.63) is 54.1 Å². The van der Waals surface area contributed by atoms with Crippen LogP contribution in [0.15, 0.2) is 48.5 Å². The molecule has 1 heterocycles. The number of methoxy groups -OCH3 is 1. The summed E-state index contributed by atoms with van der Waals surface area (Å²) in [6.45, 7) is 11.3. The average molecular weight is 460 g/mol. The molecular weight excluding hydrogens is 422 g/mol. The van der Waals surface area contributed by atoms with Gasteiger partial charge in [-0.1, -0.05) is 6.07 Å². The molecule has 32 heavy (non-hydrogen) atoms. The summed E-state index contributed by atoms with van der Waals surface area (Å²) in [6.07, 6.45) is 3.71. The summed E-state index contributed by atoms with van der Waals surface area (Å²) in [5, 5.41) is 0. The number of halogens is 1. The van der Waals surface area contributed by atoms with Gasteiger partial charge in [0, 0.05) is 48.7 Å². The van der Waals surface area contributed by atoms with Gasteiger partial charge in [-0.2, -0.15) is 0 Å². The predicted molar refractivity (Wildman–Crippen MR) is 136 cm³/mol. The molecule has 1 unspecified atom stereocenters. The molecule has 1 aliphatic rings. The van der Waals surface area contributed by atoms with Crippen molar-refractivity contribution in [3.8, 4) is 5.75 Å². The van der Waals surface area contributed by atoms with Gasteiger partial charge in [0.15, 0.2) is 0 Å². The minimum absolute atomic E-state index is 0. The second-order valence-corrected chi connectivity index (χ2v) is 8.28. The van der Waals surface area contributed by atoms with Gasteiger partial charge in [0.25, 0.3) is 5.91 Å². The summed E-state index contributed by atoms with van der Waals surface area (Å²) in [5.74, 6) is 0.939. The fourth-order valence-corrected chi connectivity index (χ4v) is 4.38. The highest BCUT2D eigenvalue weighted by molar-refractivity contribution is 5.94. The van der Waals surface area contributed by atoms with Crippen molar-refractivity contribution in [1.29, 1.82) is 0 Å². The Morgan fingerprint density at radius 3 is 2.28 bits per heavy atom. The number of amides is 1. The van der Waals surface area contributed by atoms with Crippen molar-refractivity contribution in [1.82, 2.24) is 9.80 Å². The molecule has 2 aromatic rings. The molecule has 5 nitrogen and oxygen atoms in total. The van der Waals surface area contributed by atoms with E-state index in [2.05, 4.69) is 41.0 Å². The normalized spacial score (nSPS) is 14.5. The summed E-state index contributed by atoms with van der Waals surface area (Å²) in [6, 6.07) is 16.6. The van der Waals surface area contributed by atoms with Crippen LogP contribution in [0, 0.1) is 0 Å². The lowest BCUT2D eigenvalue weighted by atomic mass is 10.1. The molecule has 0 N–H and O–H groups in total. The fourth-order valence-electron chi connectivity index (χ4n) is 4.38. The van der Waals surface area contributed by atoms with E-state index in [0.717, 1.165) is 48.7 Å². The number of likely N-dealkylation sites (tertiary alicyclic amines) is 1. The van der Waals surface area contributed by atoms with E-state index in [1.54, 1.807) is 7.11 Å². The van der Waals surface area contributed by atoms with Gasteiger partial charge in [0.1, 0.15) is 5.75 Å². The Hall–Kier alpha value is -2.24. The van der Waals surface area contributed by atoms with Crippen LogP contribution in [0.3, 0.4) is 0 Å². The summed E-state index contributed by atoms with van der Waals surface area (Å²) in [4.78, 5) is 19.5. The third-order valence-electron chi connectivity index (χ3n) is 6.28. The number of benzene rings is 2. The number of ether oxygens (including phenoxy) is 1. The van der Waals surface area contributed by atoms with Gasteiger partial charge in [-0.3, -0.25) is 4.79 Å². The van der Waals surface area contributed by atoms with Crippen LogP contribution < -0.4 is 9.64 Å². The van der Waals surface area contributed by atoms with E-state index < -0.39 is 0 Å². The van der Waals surface area contributed by atoms with Crippen molar-refractivity contribution in [2.75, 3.05) is 44.7 Å². The Kier molecular flexibility index (Phi) is 10.3. The number of carbonyl (C=O) groups excluding carboxylic acids is 1. The first kappa shape index (κ1) is 26.0. The zero-order chi connectivity index (χ0) is 22.2. The van der Waals surface area contributed by atoms with Crippen LogP contribution in [0.2, 0.25) is 0 Å². The SMILES string of the molecule is CCN(CC)C(=O)c1ccc(N(c2cccc(OC)c2)C(C)CCN2CCCC2)cc1.Cl. The largest absolute Gasteiger partial charge is 0.497 e. The molecule has 3 rings (SSSR count). The molecule has 6 heteroatoms. The van der Waals surface area contributed by atoms with Crippen molar-refractivity contribution >= 4 is 29.7 Å². The Morgan fingerprint density at radius 1 is 1.03 bits per heavy atom. The molecule has 0 saturated carbocycles. The molecule has 1 amide bonds. The topological polar surface area (TPSA) is 36.0 Å². The molecule has 1 aliphatic heterocycles. The van der Waals surface area contributed by atoms with Gasteiger partial charge in [-0.05, 0) is 89.5 Å². The highest BCUT2D eigenvalue weighted by atomic mass is 35.5. The van der Waals surface area contributed by atoms with Gasteiger partial charge >= 0.3 is 0 Å². The highest BCUT2D eigenvalue weighted by Crippen LogP contribution is 2.32. The first-order chi connectivity index (χ1) is 15.1. The Labute approximate surface area is 199 Å². The van der Waals surface area contributed by atoms with Crippen molar-refractivity contribution in [2.24, 2.45) is 0 Å². The van der Waals surface area contributed by atoms with E-state index in [4.69, 9.17) is 4.74 Å². The maximum Gasteiger partial charge on any atom is 0.253 e. The number of carbonyl (C=O) groups is 1. The number of nitrogens with zero attached hydrogens (tertiary/aromatic N) is 3. The third kappa shape index (κ3) is 6.39. The minimum atomic E-state index is 0. The second-order valence-electron chi connectivity index (χ2n) is 8.28. The maximum atomic E-state index is 12.7. The maximum absolute atomic E-state index is 12.7. The van der Waals surface area contributed by atoms with Crippen molar-refractivity contribution < 1.29 is 9.53 Å². The third-order valence-corrected chi connectivity index (χ3v) is 6.28. The van der Waals surface area contributed by atoms with Crippen LogP contribution >= 0.6 is 12.4 Å². The quantitative estimate of drug-likeness (QED) is 0.462. The lowest BCUT2D eigenvalue weighted by Crippen LogP contribution is -2.33. The molecule has 0 aromatic heterocycles. The highest BCUT2D eigenvalue weighted by Gasteiger charge is 2.21. The van der Waals surface area contributed by atoms with Crippen molar-refractivity contribution in [3.63, 3.8) is 0 Å². The van der Waals surface area contributed by atoms with E-state index in [1.807, 2.05) is 43.0 Å². The summed E-state index contributed by atoms with van der Waals surface area (Å²) in [5.41, 5.74) is 2.94. The van der Waals surface area contributed by atoms with Crippen LogP contribution in [0.1, 0.15) is 50.4 Å². The van der Waals surface area contributed by atoms with Gasteiger partial charge < -0.3 is 19.4 Å². The lowest BCUT2D eigenvalue weighted by molar-refractivity contribution is 0.0773. The lowest BCUT2D eigenvalue weighted by Gasteiger charge is -2.33. The molecular formula is C26H38ClN3O2. The Bertz CT molecular complexity index is 833. The van der Waals surface area contributed by atoms with Crippen LogP contribution in [0.4, 0.5) is 11.4 Å². The predicted octanol–water partition coefficient (Wildman–Crippen LogP) is 5.61. The van der Waals surface area contributed by atoms with Crippen LogP contribution in [-0.4, -0.2) is 61.6 Å². The fraction of sp³-hybridized carbons (Fsp3) is 0.500. The second kappa shape index (κ2) is 12.7. The minimum Gasteiger partial charge on any atom is -0.497 e. The average Bonchev–Trinajstić information content (AvgIpc) is 3.33. The molecule has 1 fully saturated rings. The first-order valence-electron chi connectivity index (χ1n) is 11.6. The molecule has 1 saturated heterocycles. The van der Waals surface area contributed by atoms with Gasteiger partial charge in [0.2, 0.25) is 0 Å². The monoisotopic (exact) mass is 459 g/mol. The zero-order valence-corrected chi connectivity index (χ0v) is 20.7. The molecule has 0 aliphatic carbocycles. The Morgan fingerprint density at radius 2 is 1.69 bits per heavy atom. The van der Waals surface area contributed by atoms with Crippen LogP contribution in [-0.2, 0) is 0 Å². The van der Waals surface area contributed by atoms with Crippen LogP contribution in [0.25, 0.3) is 0 Å². The van der Waals surface area contributed by atoms with Crippen LogP contribution in [0.5, 0.6) is 5.75 Å². The first-order valence-corrected chi connectivity index (χ1v) is 11.6. The molecule has 0 bridgehead atoms. The molecule has 0 radical (unpaired) electrons. The van der Waals surface area contributed by atoms with Gasteiger partial charge in [-0.15, -0.1) is 12.4 Å². The van der Waals surface area contributed by atoms with Crippen molar-refractivity contribution in [2.45, 2.75) is 46.1 Å². The smallest absolute Gasteiger partial charge is 0.253 e. The van der Waals surface area contributed by atoms with E-state index >= 15 is 0 Å².